The molecule has 1 fully saturated rings. The number of ketones is 1. The van der Waals surface area contributed by atoms with E-state index >= 15 is 0 Å². The maximum atomic E-state index is 12.3. The van der Waals surface area contributed by atoms with E-state index in [1.165, 1.54) is 0 Å². The number of quaternary nitrogens is 1. The lowest BCUT2D eigenvalue weighted by atomic mass is 9.90. The lowest BCUT2D eigenvalue weighted by Gasteiger charge is -2.49. The average Bonchev–Trinajstić information content (AvgIpc) is 2.32. The van der Waals surface area contributed by atoms with Crippen molar-refractivity contribution < 1.29 is 4.79 Å². The molecule has 2 atom stereocenters. The van der Waals surface area contributed by atoms with Gasteiger partial charge in [0.25, 0.3) is 0 Å². The quantitative estimate of drug-likeness (QED) is 0.551. The van der Waals surface area contributed by atoms with Gasteiger partial charge in [-0.3, -0.25) is 14.2 Å². The van der Waals surface area contributed by atoms with Crippen molar-refractivity contribution in [3.63, 3.8) is 0 Å². The summed E-state index contributed by atoms with van der Waals surface area (Å²) in [4.78, 5) is 14.6. The predicted octanol–water partition coefficient (Wildman–Crippen LogP) is 1.11. The lowest BCUT2D eigenvalue weighted by Crippen LogP contribution is -2.66. The Hall–Kier alpha value is -1.39. The molecule has 2 N–H and O–H groups in total. The van der Waals surface area contributed by atoms with Gasteiger partial charge in [0, 0.05) is 18.3 Å². The fraction of sp³-hybridized carbons (Fsp3) is 0.500. The Kier molecular flexibility index (Phi) is 2.47. The molecule has 0 aliphatic carbocycles. The van der Waals surface area contributed by atoms with Crippen LogP contribution in [0, 0.1) is 0 Å². The summed E-state index contributed by atoms with van der Waals surface area (Å²) in [5, 5.41) is 0. The molecular formula is C14H20N3O+. The number of benzene rings is 1. The van der Waals surface area contributed by atoms with Gasteiger partial charge in [0.05, 0.1) is 32.1 Å². The molecule has 1 aromatic rings. The summed E-state index contributed by atoms with van der Waals surface area (Å²) >= 11 is 0. The van der Waals surface area contributed by atoms with Crippen molar-refractivity contribution in [2.24, 2.45) is 0 Å². The third-order valence-electron chi connectivity index (χ3n) is 4.57. The third-order valence-corrected chi connectivity index (χ3v) is 4.57. The van der Waals surface area contributed by atoms with E-state index < -0.39 is 0 Å². The fourth-order valence-corrected chi connectivity index (χ4v) is 3.32. The van der Waals surface area contributed by atoms with Crippen molar-refractivity contribution in [1.29, 1.82) is 0 Å². The highest BCUT2D eigenvalue weighted by Gasteiger charge is 2.46. The summed E-state index contributed by atoms with van der Waals surface area (Å²) in [7, 11) is 4.38. The van der Waals surface area contributed by atoms with Gasteiger partial charge in [-0.1, -0.05) is 0 Å². The molecular weight excluding hydrogens is 226 g/mol. The van der Waals surface area contributed by atoms with Crippen LogP contribution in [0.4, 0.5) is 11.4 Å². The number of piperazine rings is 1. The summed E-state index contributed by atoms with van der Waals surface area (Å²) in [6.07, 6.45) is 0.636. The van der Waals surface area contributed by atoms with Gasteiger partial charge in [-0.05, 0) is 19.2 Å². The molecule has 0 spiro atoms. The standard InChI is InChI=1S/C14H20N3O/c1-16-5-6-17(2)11(9-16)8-14(18)12-7-10(15)3-4-13(12)17/h3-4,7,11H,5-6,8-9,15H2,1-2H3/q+1. The molecule has 1 aromatic carbocycles. The number of carbonyl (C=O) groups excluding carboxylic acids is 1. The minimum atomic E-state index is 0.244. The summed E-state index contributed by atoms with van der Waals surface area (Å²) < 4.78 is 0.881. The number of hydrogen-bond donors (Lipinski definition) is 1. The van der Waals surface area contributed by atoms with Crippen molar-refractivity contribution in [3.05, 3.63) is 23.8 Å². The highest BCUT2D eigenvalue weighted by molar-refractivity contribution is 6.03. The first-order chi connectivity index (χ1) is 8.50. The number of likely N-dealkylation sites (N-methyl/N-ethyl adjacent to an activating group) is 2. The molecule has 0 amide bonds. The van der Waals surface area contributed by atoms with Gasteiger partial charge in [-0.25, -0.2) is 0 Å². The van der Waals surface area contributed by atoms with Crippen LogP contribution in [-0.4, -0.2) is 50.5 Å². The molecule has 2 heterocycles. The zero-order chi connectivity index (χ0) is 12.9. The number of nitrogens with zero attached hydrogens (tertiary/aromatic N) is 2. The Balaban J connectivity index is 2.12. The maximum absolute atomic E-state index is 12.3. The van der Waals surface area contributed by atoms with Crippen LogP contribution < -0.4 is 10.2 Å². The first-order valence-corrected chi connectivity index (χ1v) is 6.48. The lowest BCUT2D eigenvalue weighted by molar-refractivity contribution is 0.0755. The van der Waals surface area contributed by atoms with E-state index in [1.54, 1.807) is 0 Å². The molecule has 1 saturated heterocycles. The Morgan fingerprint density at radius 1 is 1.44 bits per heavy atom. The number of rotatable bonds is 0. The highest BCUT2D eigenvalue weighted by atomic mass is 16.1. The second-order valence-corrected chi connectivity index (χ2v) is 5.81. The van der Waals surface area contributed by atoms with Gasteiger partial charge in [0.15, 0.2) is 5.78 Å². The van der Waals surface area contributed by atoms with Gasteiger partial charge in [0.1, 0.15) is 11.7 Å². The smallest absolute Gasteiger partial charge is 0.174 e. The van der Waals surface area contributed by atoms with Crippen LogP contribution in [0.15, 0.2) is 18.2 Å². The molecule has 18 heavy (non-hydrogen) atoms. The number of Topliss-reactive ketones (excluding diaryl/α,β-unsaturated/α-hetero) is 1. The van der Waals surface area contributed by atoms with Crippen molar-refractivity contribution in [2.45, 2.75) is 12.5 Å². The van der Waals surface area contributed by atoms with Crippen molar-refractivity contribution in [1.82, 2.24) is 9.38 Å². The number of fused-ring (bicyclic) bond motifs is 3. The van der Waals surface area contributed by atoms with Crippen LogP contribution in [0.2, 0.25) is 0 Å². The molecule has 96 valence electrons. The minimum Gasteiger partial charge on any atom is -0.399 e. The first kappa shape index (κ1) is 11.7. The number of anilines is 1. The third kappa shape index (κ3) is 1.56. The zero-order valence-corrected chi connectivity index (χ0v) is 11.0. The molecule has 2 unspecified atom stereocenters. The average molecular weight is 246 g/mol. The Bertz CT molecular complexity index is 514. The van der Waals surface area contributed by atoms with Crippen LogP contribution in [0.5, 0.6) is 0 Å². The normalized spacial score (nSPS) is 31.9. The summed E-state index contributed by atoms with van der Waals surface area (Å²) in [5.74, 6) is 0.244. The largest absolute Gasteiger partial charge is 0.399 e. The number of hydrogen-bond acceptors (Lipinski definition) is 3. The van der Waals surface area contributed by atoms with E-state index in [1.807, 2.05) is 18.2 Å². The Labute approximate surface area is 108 Å². The van der Waals surface area contributed by atoms with Crippen molar-refractivity contribution >= 4 is 17.2 Å². The molecule has 0 radical (unpaired) electrons. The highest BCUT2D eigenvalue weighted by Crippen LogP contribution is 2.38. The molecule has 0 bridgehead atoms. The number of nitrogens with two attached hydrogens (primary N) is 1. The predicted molar refractivity (Wildman–Crippen MR) is 73.7 cm³/mol. The molecule has 2 aliphatic rings. The monoisotopic (exact) mass is 246 g/mol. The van der Waals surface area contributed by atoms with Gasteiger partial charge in [0.2, 0.25) is 0 Å². The zero-order valence-electron chi connectivity index (χ0n) is 11.0. The van der Waals surface area contributed by atoms with Gasteiger partial charge in [-0.2, -0.15) is 0 Å². The topological polar surface area (TPSA) is 46.3 Å². The van der Waals surface area contributed by atoms with Crippen LogP contribution >= 0.6 is 0 Å². The van der Waals surface area contributed by atoms with E-state index in [4.69, 9.17) is 5.73 Å². The molecule has 4 heteroatoms. The summed E-state index contributed by atoms with van der Waals surface area (Å²) in [6, 6.07) is 6.18. The van der Waals surface area contributed by atoms with Gasteiger partial charge >= 0.3 is 0 Å². The van der Waals surface area contributed by atoms with Crippen molar-refractivity contribution in [2.75, 3.05) is 39.5 Å². The van der Waals surface area contributed by atoms with Crippen LogP contribution in [0.3, 0.4) is 0 Å². The molecule has 4 nitrogen and oxygen atoms in total. The number of carbonyl (C=O) groups is 1. The fourth-order valence-electron chi connectivity index (χ4n) is 3.32. The van der Waals surface area contributed by atoms with Crippen LogP contribution in [0.25, 0.3) is 0 Å². The molecule has 0 aromatic heterocycles. The van der Waals surface area contributed by atoms with Crippen LogP contribution in [-0.2, 0) is 0 Å². The van der Waals surface area contributed by atoms with E-state index in [-0.39, 0.29) is 5.78 Å². The van der Waals surface area contributed by atoms with E-state index in [0.29, 0.717) is 18.2 Å². The Morgan fingerprint density at radius 3 is 3.00 bits per heavy atom. The van der Waals surface area contributed by atoms with Gasteiger partial charge < -0.3 is 5.73 Å². The summed E-state index contributed by atoms with van der Waals surface area (Å²) in [5.41, 5.74) is 8.47. The minimum absolute atomic E-state index is 0.244. The van der Waals surface area contributed by atoms with E-state index in [2.05, 4.69) is 19.0 Å². The van der Waals surface area contributed by atoms with Gasteiger partial charge in [-0.15, -0.1) is 0 Å². The molecule has 3 rings (SSSR count). The number of nitrogen functional groups attached to an aromatic ring is 1. The van der Waals surface area contributed by atoms with Crippen LogP contribution in [0.1, 0.15) is 16.8 Å². The molecule has 0 saturated carbocycles. The van der Waals surface area contributed by atoms with Crippen molar-refractivity contribution in [3.8, 4) is 0 Å². The summed E-state index contributed by atoms with van der Waals surface area (Å²) in [6.45, 7) is 3.13. The molecule has 2 aliphatic heterocycles. The first-order valence-electron chi connectivity index (χ1n) is 6.48. The maximum Gasteiger partial charge on any atom is 0.174 e. The van der Waals surface area contributed by atoms with E-state index in [0.717, 1.165) is 35.4 Å². The van der Waals surface area contributed by atoms with E-state index in [9.17, 15) is 4.79 Å². The Morgan fingerprint density at radius 2 is 2.22 bits per heavy atom. The SMILES string of the molecule is CN1CC[N+]2(C)c3ccc(N)cc3C(=O)CC2C1. The second kappa shape index (κ2) is 3.80. The second-order valence-electron chi connectivity index (χ2n) is 5.81.